The van der Waals surface area contributed by atoms with Crippen LogP contribution in [0.25, 0.3) is 11.1 Å². The van der Waals surface area contributed by atoms with Gasteiger partial charge in [-0.3, -0.25) is 14.9 Å². The SMILES string of the molecule is O=c1[nH]ccc(-c2ccc(Cl)cc2Cl)c1[N+](=O)[O-]. The van der Waals surface area contributed by atoms with Gasteiger partial charge in [0.2, 0.25) is 0 Å². The van der Waals surface area contributed by atoms with E-state index in [2.05, 4.69) is 4.98 Å². The zero-order valence-electron chi connectivity index (χ0n) is 8.81. The van der Waals surface area contributed by atoms with E-state index >= 15 is 0 Å². The van der Waals surface area contributed by atoms with Gasteiger partial charge in [-0.15, -0.1) is 0 Å². The number of benzene rings is 1. The van der Waals surface area contributed by atoms with Gasteiger partial charge < -0.3 is 4.98 Å². The minimum absolute atomic E-state index is 0.158. The third kappa shape index (κ3) is 2.23. The quantitative estimate of drug-likeness (QED) is 0.679. The number of halogens is 2. The number of rotatable bonds is 2. The molecule has 2 rings (SSSR count). The smallest absolute Gasteiger partial charge is 0.323 e. The summed E-state index contributed by atoms with van der Waals surface area (Å²) in [4.78, 5) is 23.9. The molecule has 18 heavy (non-hydrogen) atoms. The van der Waals surface area contributed by atoms with Crippen molar-refractivity contribution >= 4 is 28.9 Å². The molecule has 0 radical (unpaired) electrons. The highest BCUT2D eigenvalue weighted by atomic mass is 35.5. The Labute approximate surface area is 111 Å². The van der Waals surface area contributed by atoms with Crippen LogP contribution in [0.4, 0.5) is 5.69 Å². The first-order valence-electron chi connectivity index (χ1n) is 4.82. The van der Waals surface area contributed by atoms with Crippen LogP contribution in [0.15, 0.2) is 35.3 Å². The normalized spacial score (nSPS) is 10.3. The highest BCUT2D eigenvalue weighted by Crippen LogP contribution is 2.33. The highest BCUT2D eigenvalue weighted by molar-refractivity contribution is 6.36. The first-order valence-corrected chi connectivity index (χ1v) is 5.58. The number of nitrogens with zero attached hydrogens (tertiary/aromatic N) is 1. The summed E-state index contributed by atoms with van der Waals surface area (Å²) in [6, 6.07) is 5.97. The molecule has 0 saturated carbocycles. The predicted molar refractivity (Wildman–Crippen MR) is 69.2 cm³/mol. The van der Waals surface area contributed by atoms with Crippen LogP contribution < -0.4 is 5.56 Å². The summed E-state index contributed by atoms with van der Waals surface area (Å²) in [7, 11) is 0. The largest absolute Gasteiger partial charge is 0.341 e. The molecule has 2 aromatic rings. The third-order valence-corrected chi connectivity index (χ3v) is 2.89. The number of pyridine rings is 1. The monoisotopic (exact) mass is 284 g/mol. The molecule has 5 nitrogen and oxygen atoms in total. The van der Waals surface area contributed by atoms with E-state index in [1.54, 1.807) is 6.07 Å². The second-order valence-electron chi connectivity index (χ2n) is 3.45. The number of hydrogen-bond acceptors (Lipinski definition) is 3. The molecule has 1 aromatic carbocycles. The summed E-state index contributed by atoms with van der Waals surface area (Å²) in [5.41, 5.74) is -0.769. The van der Waals surface area contributed by atoms with E-state index in [1.165, 1.54) is 24.4 Å². The van der Waals surface area contributed by atoms with Gasteiger partial charge in [0.15, 0.2) is 0 Å². The zero-order valence-corrected chi connectivity index (χ0v) is 10.3. The summed E-state index contributed by atoms with van der Waals surface area (Å²) < 4.78 is 0. The maximum Gasteiger partial charge on any atom is 0.341 e. The van der Waals surface area contributed by atoms with Crippen LogP contribution >= 0.6 is 23.2 Å². The molecule has 0 unspecified atom stereocenters. The molecular formula is C11H6Cl2N2O3. The van der Waals surface area contributed by atoms with E-state index in [1.807, 2.05) is 0 Å². The van der Waals surface area contributed by atoms with Crippen molar-refractivity contribution in [2.24, 2.45) is 0 Å². The lowest BCUT2D eigenvalue weighted by Crippen LogP contribution is -2.12. The highest BCUT2D eigenvalue weighted by Gasteiger charge is 2.21. The number of nitrogens with one attached hydrogen (secondary N) is 1. The van der Waals surface area contributed by atoms with Crippen LogP contribution in [-0.4, -0.2) is 9.91 Å². The molecule has 0 aliphatic rings. The predicted octanol–water partition coefficient (Wildman–Crippen LogP) is 3.26. The Morgan fingerprint density at radius 3 is 2.50 bits per heavy atom. The first-order chi connectivity index (χ1) is 8.50. The van der Waals surface area contributed by atoms with Crippen LogP contribution in [-0.2, 0) is 0 Å². The zero-order chi connectivity index (χ0) is 13.3. The number of nitro groups is 1. The summed E-state index contributed by atoms with van der Waals surface area (Å²) in [6.07, 6.45) is 1.33. The van der Waals surface area contributed by atoms with Crippen molar-refractivity contribution in [3.8, 4) is 11.1 Å². The molecule has 0 amide bonds. The minimum atomic E-state index is -0.775. The summed E-state index contributed by atoms with van der Waals surface area (Å²) in [6.45, 7) is 0. The van der Waals surface area contributed by atoms with Crippen molar-refractivity contribution in [2.45, 2.75) is 0 Å². The Kier molecular flexibility index (Phi) is 3.36. The Hall–Kier alpha value is -1.85. The van der Waals surface area contributed by atoms with E-state index in [9.17, 15) is 14.9 Å². The van der Waals surface area contributed by atoms with E-state index in [0.29, 0.717) is 10.6 Å². The lowest BCUT2D eigenvalue weighted by atomic mass is 10.1. The van der Waals surface area contributed by atoms with Crippen molar-refractivity contribution in [1.82, 2.24) is 4.98 Å². The molecule has 92 valence electrons. The van der Waals surface area contributed by atoms with Crippen molar-refractivity contribution in [1.29, 1.82) is 0 Å². The second kappa shape index (κ2) is 4.80. The van der Waals surface area contributed by atoms with Crippen molar-refractivity contribution in [3.63, 3.8) is 0 Å². The molecule has 0 aliphatic carbocycles. The van der Waals surface area contributed by atoms with Crippen LogP contribution in [0.2, 0.25) is 10.0 Å². The number of aromatic amines is 1. The molecule has 0 bridgehead atoms. The van der Waals surface area contributed by atoms with Gasteiger partial charge in [0, 0.05) is 16.8 Å². The number of hydrogen-bond donors (Lipinski definition) is 1. The van der Waals surface area contributed by atoms with Gasteiger partial charge in [-0.05, 0) is 18.2 Å². The summed E-state index contributed by atoms with van der Waals surface area (Å²) in [5, 5.41) is 11.6. The Balaban J connectivity index is 2.75. The van der Waals surface area contributed by atoms with Crippen LogP contribution in [0, 0.1) is 10.1 Å². The van der Waals surface area contributed by atoms with Crippen LogP contribution in [0.3, 0.4) is 0 Å². The maximum atomic E-state index is 11.5. The maximum absolute atomic E-state index is 11.5. The topological polar surface area (TPSA) is 76.0 Å². The van der Waals surface area contributed by atoms with Crippen molar-refractivity contribution in [3.05, 3.63) is 61.0 Å². The fourth-order valence-electron chi connectivity index (χ4n) is 1.58. The standard InChI is InChI=1S/C11H6Cl2N2O3/c12-6-1-2-7(9(13)5-6)8-3-4-14-11(16)10(8)15(17)18/h1-5H,(H,14,16). The molecular weight excluding hydrogens is 279 g/mol. The van der Waals surface area contributed by atoms with E-state index in [0.717, 1.165) is 0 Å². The van der Waals surface area contributed by atoms with E-state index in [4.69, 9.17) is 23.2 Å². The summed E-state index contributed by atoms with van der Waals surface area (Å²) >= 11 is 11.7. The Bertz CT molecular complexity index is 682. The average molecular weight is 285 g/mol. The van der Waals surface area contributed by atoms with E-state index < -0.39 is 16.2 Å². The molecule has 1 heterocycles. The lowest BCUT2D eigenvalue weighted by molar-refractivity contribution is -0.385. The molecule has 7 heteroatoms. The fourth-order valence-corrected chi connectivity index (χ4v) is 2.09. The van der Waals surface area contributed by atoms with Crippen LogP contribution in [0.1, 0.15) is 0 Å². The molecule has 0 spiro atoms. The molecule has 1 N–H and O–H groups in total. The molecule has 0 fully saturated rings. The fraction of sp³-hybridized carbons (Fsp3) is 0. The van der Waals surface area contributed by atoms with Gasteiger partial charge in [0.1, 0.15) is 0 Å². The summed E-state index contributed by atoms with van der Waals surface area (Å²) in [5.74, 6) is 0. The third-order valence-electron chi connectivity index (χ3n) is 2.34. The average Bonchev–Trinajstić information content (AvgIpc) is 2.28. The van der Waals surface area contributed by atoms with Crippen molar-refractivity contribution < 1.29 is 4.92 Å². The molecule has 1 aromatic heterocycles. The van der Waals surface area contributed by atoms with Gasteiger partial charge >= 0.3 is 11.2 Å². The van der Waals surface area contributed by atoms with Gasteiger partial charge in [-0.1, -0.05) is 29.3 Å². The second-order valence-corrected chi connectivity index (χ2v) is 4.29. The Morgan fingerprint density at radius 1 is 1.17 bits per heavy atom. The van der Waals surface area contributed by atoms with Crippen LogP contribution in [0.5, 0.6) is 0 Å². The van der Waals surface area contributed by atoms with Crippen molar-refractivity contribution in [2.75, 3.05) is 0 Å². The molecule has 0 atom stereocenters. The van der Waals surface area contributed by atoms with Gasteiger partial charge in [0.25, 0.3) is 0 Å². The van der Waals surface area contributed by atoms with Gasteiger partial charge in [-0.2, -0.15) is 0 Å². The van der Waals surface area contributed by atoms with Gasteiger partial charge in [-0.25, -0.2) is 0 Å². The molecule has 0 aliphatic heterocycles. The first kappa shape index (κ1) is 12.6. The number of H-pyrrole nitrogens is 1. The van der Waals surface area contributed by atoms with Gasteiger partial charge in [0.05, 0.1) is 15.5 Å². The number of aromatic nitrogens is 1. The molecule has 0 saturated heterocycles. The lowest BCUT2D eigenvalue weighted by Gasteiger charge is -2.05. The Morgan fingerprint density at radius 2 is 1.89 bits per heavy atom. The van der Waals surface area contributed by atoms with E-state index in [-0.39, 0.29) is 10.6 Å². The minimum Gasteiger partial charge on any atom is -0.323 e.